The van der Waals surface area contributed by atoms with Gasteiger partial charge < -0.3 is 29.6 Å². The van der Waals surface area contributed by atoms with Crippen molar-refractivity contribution in [2.24, 2.45) is 0 Å². The molecule has 4 atom stereocenters. The molecule has 6 aromatic heterocycles. The molecule has 0 amide bonds. The summed E-state index contributed by atoms with van der Waals surface area (Å²) in [6.45, 7) is 13.1. The Balaban J connectivity index is 0.870. The zero-order chi connectivity index (χ0) is 53.6. The Bertz CT molecular complexity index is 3270. The van der Waals surface area contributed by atoms with Crippen molar-refractivity contribution < 1.29 is 33.6 Å². The first-order valence-electron chi connectivity index (χ1n) is 25.2. The summed E-state index contributed by atoms with van der Waals surface area (Å²) in [4.78, 5) is 46.5. The van der Waals surface area contributed by atoms with Gasteiger partial charge in [-0.25, -0.2) is 33.2 Å². The highest BCUT2D eigenvalue weighted by atomic mass is 16.7. The van der Waals surface area contributed by atoms with E-state index in [-0.39, 0.29) is 46.5 Å². The van der Waals surface area contributed by atoms with Crippen LogP contribution in [0, 0.1) is 20.2 Å². The monoisotopic (exact) mass is 1040 g/mol. The molecule has 76 heavy (non-hydrogen) atoms. The second-order valence-corrected chi connectivity index (χ2v) is 21.5. The fourth-order valence-corrected chi connectivity index (χ4v) is 10.6. The fourth-order valence-electron chi connectivity index (χ4n) is 10.6. The lowest BCUT2D eigenvalue weighted by atomic mass is 9.94. The zero-order valence-corrected chi connectivity index (χ0v) is 43.6. The average molecular weight is 1040 g/mol. The molecule has 2 saturated carbocycles. The maximum atomic E-state index is 13.9. The number of rotatable bonds is 16. The highest BCUT2D eigenvalue weighted by Crippen LogP contribution is 2.49. The molecule has 8 aromatic rings. The highest BCUT2D eigenvalue weighted by Gasteiger charge is 2.36. The molecule has 6 heterocycles. The number of fused-ring (bicyclic) bond motifs is 2. The summed E-state index contributed by atoms with van der Waals surface area (Å²) in [6, 6.07) is 16.2. The number of hydrogen-bond acceptors (Lipinski definition) is 17. The standard InChI is InChI=1S/C53H60N14O9/c1-52(2,3)64-47(56-49-43-23-35(29-73-7)58-62(43)19-17-54-49)27-41(60-64)33-11-9-31(21-33)39-25-37(66(69)70)13-15-45(39)75-51(68)76-46-16-14-38(67(71)72)26-40(46)32-10-12-34(22-32)42-28-48(65(61-42)53(4,5)6)57-50-44-24-36(30-74-8)59-63(44)20-18-55-50/h13-20,23-28,31-34H,9-12,21-22,29-30H2,1-8H3,(H,54,56)(H,55,57). The maximum absolute atomic E-state index is 13.9. The molecule has 23 nitrogen and oxygen atoms in total. The molecule has 2 aliphatic carbocycles. The second-order valence-electron chi connectivity index (χ2n) is 21.5. The first-order valence-corrected chi connectivity index (χ1v) is 25.2. The van der Waals surface area contributed by atoms with Gasteiger partial charge in [-0.05, 0) is 116 Å². The summed E-state index contributed by atoms with van der Waals surface area (Å²) in [5.74, 6) is 2.35. The smallest absolute Gasteiger partial charge is 0.394 e. The third-order valence-corrected chi connectivity index (χ3v) is 14.1. The van der Waals surface area contributed by atoms with Crippen LogP contribution in [0.4, 0.5) is 39.4 Å². The first-order chi connectivity index (χ1) is 36.3. The summed E-state index contributed by atoms with van der Waals surface area (Å²) in [6.07, 6.45) is 9.65. The van der Waals surface area contributed by atoms with E-state index in [4.69, 9.17) is 29.1 Å². The predicted molar refractivity (Wildman–Crippen MR) is 280 cm³/mol. The Morgan fingerprint density at radius 3 is 1.39 bits per heavy atom. The first kappa shape index (κ1) is 51.2. The number of anilines is 4. The van der Waals surface area contributed by atoms with Gasteiger partial charge in [0.1, 0.15) is 34.2 Å². The molecule has 2 fully saturated rings. The Labute approximate surface area is 436 Å². The Hall–Kier alpha value is -8.31. The number of non-ortho nitro benzene ring substituents is 2. The number of hydrogen-bond donors (Lipinski definition) is 2. The minimum Gasteiger partial charge on any atom is -0.394 e. The summed E-state index contributed by atoms with van der Waals surface area (Å²) in [5.41, 5.74) is 4.59. The van der Waals surface area contributed by atoms with Crippen molar-refractivity contribution in [2.45, 2.75) is 128 Å². The van der Waals surface area contributed by atoms with Gasteiger partial charge in [-0.2, -0.15) is 20.4 Å². The summed E-state index contributed by atoms with van der Waals surface area (Å²) >= 11 is 0. The minimum atomic E-state index is -1.08. The van der Waals surface area contributed by atoms with Gasteiger partial charge in [-0.3, -0.25) is 20.2 Å². The Morgan fingerprint density at radius 1 is 0.605 bits per heavy atom. The SMILES string of the molecule is COCc1cc2c(Nc3cc(C4CCC(c5cc([N+](=O)[O-])ccc5OC(=O)Oc5ccc([N+](=O)[O-])cc5C5CCC(c6cc(Nc7nccn8nc(COC)cc78)n(C(C)(C)C)n6)C5)C4)nn3C(C)(C)C)nccn2n1. The van der Waals surface area contributed by atoms with Crippen LogP contribution in [0.1, 0.15) is 138 Å². The van der Waals surface area contributed by atoms with Gasteiger partial charge in [0.2, 0.25) is 0 Å². The van der Waals surface area contributed by atoms with E-state index in [9.17, 15) is 25.0 Å². The van der Waals surface area contributed by atoms with Crippen molar-refractivity contribution in [2.75, 3.05) is 24.9 Å². The van der Waals surface area contributed by atoms with E-state index < -0.39 is 27.1 Å². The molecule has 0 spiro atoms. The van der Waals surface area contributed by atoms with Crippen molar-refractivity contribution >= 4 is 51.8 Å². The normalized spacial score (nSPS) is 17.9. The third-order valence-electron chi connectivity index (χ3n) is 14.1. The quantitative estimate of drug-likeness (QED) is 0.0394. The van der Waals surface area contributed by atoms with Crippen molar-refractivity contribution in [3.05, 3.63) is 140 Å². The summed E-state index contributed by atoms with van der Waals surface area (Å²) in [7, 11) is 3.24. The molecule has 0 aliphatic heterocycles. The van der Waals surface area contributed by atoms with Crippen molar-refractivity contribution in [3.63, 3.8) is 0 Å². The minimum absolute atomic E-state index is 0.0349. The van der Waals surface area contributed by atoms with E-state index in [2.05, 4.69) is 72.3 Å². The van der Waals surface area contributed by atoms with Gasteiger partial charge in [0, 0.05) is 98.4 Å². The third kappa shape index (κ3) is 10.5. The number of methoxy groups -OCH3 is 2. The number of nitro groups is 2. The van der Waals surface area contributed by atoms with Gasteiger partial charge in [-0.1, -0.05) is 0 Å². The number of benzene rings is 2. The van der Waals surface area contributed by atoms with E-state index in [0.29, 0.717) is 74.5 Å². The van der Waals surface area contributed by atoms with Crippen LogP contribution in [0.15, 0.2) is 85.5 Å². The topological polar surface area (TPSA) is 260 Å². The zero-order valence-electron chi connectivity index (χ0n) is 43.6. The molecule has 4 unspecified atom stereocenters. The summed E-state index contributed by atoms with van der Waals surface area (Å²) < 4.78 is 29.8. The summed E-state index contributed by atoms with van der Waals surface area (Å²) in [5, 5.41) is 50.7. The van der Waals surface area contributed by atoms with Crippen LogP contribution in [0.2, 0.25) is 0 Å². The molecule has 2 N–H and O–H groups in total. The molecule has 0 saturated heterocycles. The predicted octanol–water partition coefficient (Wildman–Crippen LogP) is 11.0. The number of nitrogens with zero attached hydrogens (tertiary/aromatic N) is 12. The van der Waals surface area contributed by atoms with Crippen molar-refractivity contribution in [3.8, 4) is 11.5 Å². The largest absolute Gasteiger partial charge is 0.519 e. The lowest BCUT2D eigenvalue weighted by Crippen LogP contribution is -2.25. The van der Waals surface area contributed by atoms with Crippen LogP contribution in [0.3, 0.4) is 0 Å². The van der Waals surface area contributed by atoms with E-state index in [1.807, 2.05) is 33.6 Å². The van der Waals surface area contributed by atoms with Crippen molar-refractivity contribution in [1.82, 2.24) is 48.8 Å². The Morgan fingerprint density at radius 2 is 1.01 bits per heavy atom. The van der Waals surface area contributed by atoms with Gasteiger partial charge in [-0.15, -0.1) is 0 Å². The Kier molecular flexibility index (Phi) is 13.8. The van der Waals surface area contributed by atoms with Crippen LogP contribution >= 0.6 is 0 Å². The number of nitrogens with one attached hydrogen (secondary N) is 2. The van der Waals surface area contributed by atoms with Gasteiger partial charge in [0.25, 0.3) is 11.4 Å². The number of aromatic nitrogens is 10. The van der Waals surface area contributed by atoms with Gasteiger partial charge >= 0.3 is 6.16 Å². The molecule has 396 valence electrons. The fraction of sp³-hybridized carbons (Fsp3) is 0.415. The maximum Gasteiger partial charge on any atom is 0.519 e. The van der Waals surface area contributed by atoms with Crippen LogP contribution < -0.4 is 20.1 Å². The van der Waals surface area contributed by atoms with Crippen LogP contribution in [0.5, 0.6) is 11.5 Å². The van der Waals surface area contributed by atoms with Gasteiger partial charge in [0.05, 0.1) is 56.9 Å². The highest BCUT2D eigenvalue weighted by molar-refractivity contribution is 5.74. The van der Waals surface area contributed by atoms with Crippen LogP contribution in [-0.2, 0) is 33.8 Å². The van der Waals surface area contributed by atoms with Crippen molar-refractivity contribution in [1.29, 1.82) is 0 Å². The number of carbonyl (C=O) groups excluding carboxylic acids is 1. The molecular weight excluding hydrogens is 977 g/mol. The van der Waals surface area contributed by atoms with E-state index in [1.165, 1.54) is 36.4 Å². The molecule has 2 aliphatic rings. The van der Waals surface area contributed by atoms with E-state index >= 15 is 0 Å². The molecule has 0 bridgehead atoms. The molecule has 0 radical (unpaired) electrons. The number of carbonyl (C=O) groups is 1. The number of ether oxygens (including phenoxy) is 4. The van der Waals surface area contributed by atoms with Crippen LogP contribution in [0.25, 0.3) is 11.0 Å². The van der Waals surface area contributed by atoms with E-state index in [0.717, 1.165) is 45.4 Å². The lowest BCUT2D eigenvalue weighted by molar-refractivity contribution is -0.385. The average Bonchev–Trinajstić information content (AvgIpc) is 4.24. The van der Waals surface area contributed by atoms with Crippen LogP contribution in [-0.4, -0.2) is 79.0 Å². The van der Waals surface area contributed by atoms with Gasteiger partial charge in [0.15, 0.2) is 11.6 Å². The van der Waals surface area contributed by atoms with E-state index in [1.54, 1.807) is 48.0 Å². The number of nitro benzene ring substituents is 2. The molecule has 10 rings (SSSR count). The molecular formula is C53H60N14O9. The molecule has 2 aromatic carbocycles. The second kappa shape index (κ2) is 20.4. The molecule has 23 heteroatoms. The lowest BCUT2D eigenvalue weighted by Gasteiger charge is -2.22.